The van der Waals surface area contributed by atoms with E-state index in [0.29, 0.717) is 53.9 Å². The summed E-state index contributed by atoms with van der Waals surface area (Å²) in [5, 5.41) is 3.94. The Labute approximate surface area is 195 Å². The van der Waals surface area contributed by atoms with Gasteiger partial charge in [-0.1, -0.05) is 17.7 Å². The zero-order chi connectivity index (χ0) is 23.2. The van der Waals surface area contributed by atoms with Crippen LogP contribution < -0.4 is 10.1 Å². The fraction of sp³-hybridized carbons (Fsp3) is 0.409. The molecule has 5 rings (SSSR count). The Morgan fingerprint density at radius 1 is 1.27 bits per heavy atom. The van der Waals surface area contributed by atoms with Crippen LogP contribution in [0.2, 0.25) is 5.15 Å². The molecule has 0 aliphatic carbocycles. The number of nitrogens with zero attached hydrogens (tertiary/aromatic N) is 6. The van der Waals surface area contributed by atoms with Gasteiger partial charge in [0.1, 0.15) is 22.8 Å². The number of rotatable bonds is 4. The van der Waals surface area contributed by atoms with Crippen molar-refractivity contribution in [2.45, 2.75) is 24.9 Å². The largest absolute Gasteiger partial charge is 0.481 e. The first-order valence-electron chi connectivity index (χ1n) is 10.7. The summed E-state index contributed by atoms with van der Waals surface area (Å²) in [4.78, 5) is 42.2. The summed E-state index contributed by atoms with van der Waals surface area (Å²) in [6, 6.07) is 5.27. The summed E-state index contributed by atoms with van der Waals surface area (Å²) in [6.07, 6.45) is 4.81. The highest BCUT2D eigenvalue weighted by molar-refractivity contribution is 6.34. The molecular weight excluding hydrogens is 446 g/mol. The van der Waals surface area contributed by atoms with Gasteiger partial charge in [0.25, 0.3) is 5.91 Å². The molecule has 2 aliphatic heterocycles. The van der Waals surface area contributed by atoms with Gasteiger partial charge in [-0.3, -0.25) is 4.79 Å². The van der Waals surface area contributed by atoms with Crippen LogP contribution in [-0.2, 0) is 13.6 Å². The smallest absolute Gasteiger partial charge is 0.318 e. The average molecular weight is 470 g/mol. The number of carbonyl (C=O) groups is 2. The van der Waals surface area contributed by atoms with Crippen molar-refractivity contribution in [3.63, 3.8) is 0 Å². The van der Waals surface area contributed by atoms with Crippen LogP contribution in [-0.4, -0.2) is 73.5 Å². The molecule has 5 heterocycles. The lowest BCUT2D eigenvalue weighted by Crippen LogP contribution is -2.70. The third kappa shape index (κ3) is 3.54. The van der Waals surface area contributed by atoms with E-state index in [1.807, 2.05) is 17.0 Å². The van der Waals surface area contributed by atoms with Crippen LogP contribution >= 0.6 is 11.6 Å². The van der Waals surface area contributed by atoms with Crippen LogP contribution in [0.3, 0.4) is 0 Å². The molecule has 3 aromatic rings. The molecule has 172 valence electrons. The number of urea groups is 1. The molecule has 3 aromatic heterocycles. The monoisotopic (exact) mass is 469 g/mol. The van der Waals surface area contributed by atoms with Crippen molar-refractivity contribution in [3.05, 3.63) is 47.1 Å². The Morgan fingerprint density at radius 3 is 2.85 bits per heavy atom. The fourth-order valence-electron chi connectivity index (χ4n) is 4.87. The van der Waals surface area contributed by atoms with Crippen LogP contribution in [0.5, 0.6) is 5.88 Å². The van der Waals surface area contributed by atoms with Gasteiger partial charge in [0.15, 0.2) is 0 Å². The van der Waals surface area contributed by atoms with E-state index in [1.54, 1.807) is 35.9 Å². The third-order valence-corrected chi connectivity index (χ3v) is 6.87. The van der Waals surface area contributed by atoms with E-state index in [4.69, 9.17) is 16.3 Å². The normalized spacial score (nSPS) is 16.8. The first kappa shape index (κ1) is 21.4. The van der Waals surface area contributed by atoms with Gasteiger partial charge >= 0.3 is 6.03 Å². The van der Waals surface area contributed by atoms with Gasteiger partial charge in [0.05, 0.1) is 18.0 Å². The Balaban J connectivity index is 1.27. The molecule has 1 spiro atoms. The lowest BCUT2D eigenvalue weighted by molar-refractivity contribution is -0.00242. The number of halogens is 1. The van der Waals surface area contributed by atoms with Crippen molar-refractivity contribution in [1.29, 1.82) is 0 Å². The Hall–Kier alpha value is -3.40. The molecular formula is C22H24ClN7O3. The summed E-state index contributed by atoms with van der Waals surface area (Å²) in [7, 11) is 3.34. The molecule has 2 aliphatic rings. The molecule has 2 saturated heterocycles. The summed E-state index contributed by atoms with van der Waals surface area (Å²) in [5.74, 6) is 0.388. The molecule has 0 atom stereocenters. The maximum atomic E-state index is 13.2. The maximum Gasteiger partial charge on any atom is 0.318 e. The molecule has 0 saturated carbocycles. The zero-order valence-corrected chi connectivity index (χ0v) is 19.2. The number of carbonyl (C=O) groups excluding carboxylic acids is 2. The van der Waals surface area contributed by atoms with Gasteiger partial charge in [0.2, 0.25) is 5.88 Å². The topological polar surface area (TPSA) is 105 Å². The molecule has 10 nitrogen and oxygen atoms in total. The number of aromatic nitrogens is 4. The molecule has 0 bridgehead atoms. The maximum absolute atomic E-state index is 13.2. The number of hydrogen-bond acceptors (Lipinski definition) is 6. The first-order chi connectivity index (χ1) is 15.9. The molecule has 33 heavy (non-hydrogen) atoms. The van der Waals surface area contributed by atoms with Crippen molar-refractivity contribution in [3.8, 4) is 5.88 Å². The Bertz CT molecular complexity index is 1240. The Morgan fingerprint density at radius 2 is 2.09 bits per heavy atom. The lowest BCUT2D eigenvalue weighted by Gasteiger charge is -2.52. The molecule has 0 unspecified atom stereocenters. The number of nitrogens with one attached hydrogen (secondary N) is 1. The van der Waals surface area contributed by atoms with E-state index >= 15 is 0 Å². The number of ether oxygens (including phenoxy) is 1. The predicted octanol–water partition coefficient (Wildman–Crippen LogP) is 2.23. The second-order valence-corrected chi connectivity index (χ2v) is 8.82. The first-order valence-corrected chi connectivity index (χ1v) is 11.1. The average Bonchev–Trinajstić information content (AvgIpc) is 3.39. The van der Waals surface area contributed by atoms with Crippen molar-refractivity contribution >= 4 is 34.6 Å². The minimum atomic E-state index is -0.333. The fourth-order valence-corrected chi connectivity index (χ4v) is 5.06. The van der Waals surface area contributed by atoms with Crippen molar-refractivity contribution < 1.29 is 14.3 Å². The summed E-state index contributed by atoms with van der Waals surface area (Å²) < 4.78 is 6.99. The second kappa shape index (κ2) is 8.18. The highest BCUT2D eigenvalue weighted by Gasteiger charge is 2.53. The van der Waals surface area contributed by atoms with E-state index in [1.165, 1.54) is 6.33 Å². The van der Waals surface area contributed by atoms with E-state index in [-0.39, 0.29) is 17.5 Å². The minimum Gasteiger partial charge on any atom is -0.481 e. The summed E-state index contributed by atoms with van der Waals surface area (Å²) in [5.41, 5.74) is 1.59. The molecule has 3 amide bonds. The lowest BCUT2D eigenvalue weighted by atomic mass is 9.86. The van der Waals surface area contributed by atoms with Crippen molar-refractivity contribution in [2.24, 2.45) is 7.05 Å². The van der Waals surface area contributed by atoms with Crippen LogP contribution in [0, 0.1) is 0 Å². The van der Waals surface area contributed by atoms with E-state index in [2.05, 4.69) is 20.3 Å². The van der Waals surface area contributed by atoms with Gasteiger partial charge < -0.3 is 24.4 Å². The van der Waals surface area contributed by atoms with E-state index in [0.717, 1.165) is 18.4 Å². The summed E-state index contributed by atoms with van der Waals surface area (Å²) >= 11 is 6.17. The molecule has 0 radical (unpaired) electrons. The summed E-state index contributed by atoms with van der Waals surface area (Å²) in [6.45, 7) is 1.98. The second-order valence-electron chi connectivity index (χ2n) is 8.46. The molecule has 1 N–H and O–H groups in total. The third-order valence-electron chi connectivity index (χ3n) is 6.57. The van der Waals surface area contributed by atoms with Crippen LogP contribution in [0.25, 0.3) is 11.0 Å². The van der Waals surface area contributed by atoms with Gasteiger partial charge in [-0.05, 0) is 25.0 Å². The van der Waals surface area contributed by atoms with Crippen LogP contribution in [0.4, 0.5) is 4.79 Å². The molecule has 0 aromatic carbocycles. The Kier molecular flexibility index (Phi) is 5.32. The number of fused-ring (bicyclic) bond motifs is 1. The number of likely N-dealkylation sites (tertiary alicyclic amines) is 2. The van der Waals surface area contributed by atoms with Gasteiger partial charge in [0, 0.05) is 45.0 Å². The number of pyridine rings is 1. The van der Waals surface area contributed by atoms with Gasteiger partial charge in [-0.2, -0.15) is 0 Å². The quantitative estimate of drug-likeness (QED) is 0.587. The van der Waals surface area contributed by atoms with E-state index < -0.39 is 0 Å². The van der Waals surface area contributed by atoms with Gasteiger partial charge in [-0.15, -0.1) is 0 Å². The van der Waals surface area contributed by atoms with Crippen LogP contribution in [0.15, 0.2) is 30.7 Å². The zero-order valence-electron chi connectivity index (χ0n) is 18.4. The minimum absolute atomic E-state index is 0.107. The highest BCUT2D eigenvalue weighted by atomic mass is 35.5. The number of aryl methyl sites for hydroxylation is 1. The van der Waals surface area contributed by atoms with Crippen molar-refractivity contribution in [2.75, 3.05) is 26.7 Å². The number of hydrogen-bond donors (Lipinski definition) is 1. The van der Waals surface area contributed by atoms with Gasteiger partial charge in [-0.25, -0.2) is 19.7 Å². The van der Waals surface area contributed by atoms with Crippen LogP contribution in [0.1, 0.15) is 28.9 Å². The van der Waals surface area contributed by atoms with E-state index in [9.17, 15) is 9.59 Å². The van der Waals surface area contributed by atoms with Crippen molar-refractivity contribution in [1.82, 2.24) is 34.6 Å². The predicted molar refractivity (Wildman–Crippen MR) is 121 cm³/mol. The molecule has 11 heteroatoms. The highest BCUT2D eigenvalue weighted by Crippen LogP contribution is 2.38. The standard InChI is InChI=1S/C22H24ClN7O3/c1-28-16(9-15-17(23)26-13-27-18(15)28)20(31)29-11-22(12-29)6-4-8-30(22)21(32)25-10-14-5-3-7-24-19(14)33-2/h3,5,7,9,13H,4,6,8,10-12H2,1-2H3,(H,25,32). The SMILES string of the molecule is COc1ncccc1CNC(=O)N1CCCC12CN(C(=O)c1cc3c(Cl)ncnc3n1C)C2. The number of methoxy groups -OCH3 is 1. The number of amides is 3. The molecule has 2 fully saturated rings.